The summed E-state index contributed by atoms with van der Waals surface area (Å²) >= 11 is 0. The number of nitrogens with zero attached hydrogens (tertiary/aromatic N) is 4. The maximum Gasteiger partial charge on any atom is 0.176 e. The fraction of sp³-hybridized carbons (Fsp3) is 0.533. The molecule has 0 aliphatic rings. The maximum atomic E-state index is 5.98. The van der Waals surface area contributed by atoms with Crippen LogP contribution in [-0.4, -0.2) is 39.4 Å². The number of rotatable bonds is 8. The summed E-state index contributed by atoms with van der Waals surface area (Å²) in [6.07, 6.45) is 0.654. The Morgan fingerprint density at radius 3 is 2.57 bits per heavy atom. The monoisotopic (exact) mass is 289 g/mol. The van der Waals surface area contributed by atoms with Crippen molar-refractivity contribution in [1.82, 2.24) is 25.5 Å². The number of hydrogen-bond donors (Lipinski definition) is 1. The van der Waals surface area contributed by atoms with Crippen molar-refractivity contribution in [1.29, 1.82) is 0 Å². The van der Waals surface area contributed by atoms with Crippen LogP contribution in [0.2, 0.25) is 0 Å². The van der Waals surface area contributed by atoms with Crippen molar-refractivity contribution in [2.45, 2.75) is 32.4 Å². The Hall–Kier alpha value is -1.79. The smallest absolute Gasteiger partial charge is 0.176 e. The molecule has 21 heavy (non-hydrogen) atoms. The van der Waals surface area contributed by atoms with Gasteiger partial charge in [-0.3, -0.25) is 0 Å². The number of benzene rings is 1. The average molecular weight is 289 g/mol. The minimum Gasteiger partial charge on any atom is -0.372 e. The zero-order valence-corrected chi connectivity index (χ0v) is 12.9. The molecule has 0 saturated carbocycles. The largest absolute Gasteiger partial charge is 0.372 e. The van der Waals surface area contributed by atoms with Gasteiger partial charge in [0.1, 0.15) is 0 Å². The van der Waals surface area contributed by atoms with Crippen molar-refractivity contribution in [2.75, 3.05) is 13.2 Å². The van der Waals surface area contributed by atoms with E-state index in [2.05, 4.69) is 39.8 Å². The lowest BCUT2D eigenvalue weighted by molar-refractivity contribution is 0.0331. The van der Waals surface area contributed by atoms with Crippen LogP contribution in [0.5, 0.6) is 0 Å². The zero-order chi connectivity index (χ0) is 15.1. The van der Waals surface area contributed by atoms with Crippen molar-refractivity contribution in [3.05, 3.63) is 41.7 Å². The molecule has 6 nitrogen and oxygen atoms in total. The van der Waals surface area contributed by atoms with Gasteiger partial charge in [-0.2, -0.15) is 4.80 Å². The quantitative estimate of drug-likeness (QED) is 0.798. The summed E-state index contributed by atoms with van der Waals surface area (Å²) in [5, 5.41) is 15.7. The lowest BCUT2D eigenvalue weighted by Crippen LogP contribution is -2.38. The molecule has 2 unspecified atom stereocenters. The summed E-state index contributed by atoms with van der Waals surface area (Å²) in [4.78, 5) is 1.48. The second-order valence-corrected chi connectivity index (χ2v) is 4.85. The van der Waals surface area contributed by atoms with Gasteiger partial charge in [-0.15, -0.1) is 10.2 Å². The highest BCUT2D eigenvalue weighted by molar-refractivity contribution is 5.19. The first-order valence-electron chi connectivity index (χ1n) is 7.37. The SMILES string of the molecule is CCNC(Cc1nnn(C)n1)C(OCC)c1ccccc1. The minimum absolute atomic E-state index is 0.0278. The Balaban J connectivity index is 2.19. The normalized spacial score (nSPS) is 14.0. The lowest BCUT2D eigenvalue weighted by atomic mass is 9.99. The Morgan fingerprint density at radius 1 is 1.24 bits per heavy atom. The number of ether oxygens (including phenoxy) is 1. The van der Waals surface area contributed by atoms with Gasteiger partial charge in [0, 0.05) is 19.1 Å². The van der Waals surface area contributed by atoms with Crippen molar-refractivity contribution < 1.29 is 4.74 Å². The number of likely N-dealkylation sites (N-methyl/N-ethyl adjacent to an activating group) is 1. The molecule has 0 spiro atoms. The molecule has 0 saturated heterocycles. The molecule has 2 rings (SSSR count). The first-order valence-corrected chi connectivity index (χ1v) is 7.37. The molecule has 6 heteroatoms. The number of hydrogen-bond acceptors (Lipinski definition) is 5. The van der Waals surface area contributed by atoms with Crippen LogP contribution >= 0.6 is 0 Å². The Morgan fingerprint density at radius 2 is 2.00 bits per heavy atom. The van der Waals surface area contributed by atoms with Crippen LogP contribution in [0.3, 0.4) is 0 Å². The number of tetrazole rings is 1. The second kappa shape index (κ2) is 7.85. The fourth-order valence-corrected chi connectivity index (χ4v) is 2.42. The van der Waals surface area contributed by atoms with Crippen molar-refractivity contribution in [2.24, 2.45) is 7.05 Å². The topological polar surface area (TPSA) is 64.9 Å². The number of aromatic nitrogens is 4. The third-order valence-electron chi connectivity index (χ3n) is 3.26. The third kappa shape index (κ3) is 4.34. The van der Waals surface area contributed by atoms with Crippen LogP contribution in [0, 0.1) is 0 Å². The average Bonchev–Trinajstić information content (AvgIpc) is 2.90. The van der Waals surface area contributed by atoms with Gasteiger partial charge >= 0.3 is 0 Å². The van der Waals surface area contributed by atoms with Gasteiger partial charge in [-0.1, -0.05) is 37.3 Å². The van der Waals surface area contributed by atoms with E-state index in [1.165, 1.54) is 4.80 Å². The van der Waals surface area contributed by atoms with Crippen LogP contribution in [-0.2, 0) is 18.2 Å². The predicted molar refractivity (Wildman–Crippen MR) is 80.8 cm³/mol. The minimum atomic E-state index is -0.0278. The van der Waals surface area contributed by atoms with Gasteiger partial charge in [-0.25, -0.2) is 0 Å². The van der Waals surface area contributed by atoms with Crippen molar-refractivity contribution in [3.63, 3.8) is 0 Å². The molecule has 0 aliphatic carbocycles. The molecule has 0 bridgehead atoms. The Bertz CT molecular complexity index is 528. The van der Waals surface area contributed by atoms with Crippen molar-refractivity contribution in [3.8, 4) is 0 Å². The first-order chi connectivity index (χ1) is 10.2. The van der Waals surface area contributed by atoms with Crippen LogP contribution in [0.25, 0.3) is 0 Å². The van der Waals surface area contributed by atoms with Gasteiger partial charge < -0.3 is 10.1 Å². The molecule has 1 heterocycles. The van der Waals surface area contributed by atoms with E-state index in [9.17, 15) is 0 Å². The summed E-state index contributed by atoms with van der Waals surface area (Å²) in [5.41, 5.74) is 1.16. The third-order valence-corrected chi connectivity index (χ3v) is 3.26. The molecular formula is C15H23N5O. The molecule has 2 aromatic rings. The molecule has 0 radical (unpaired) electrons. The van der Waals surface area contributed by atoms with Gasteiger partial charge in [-0.05, 0) is 24.2 Å². The van der Waals surface area contributed by atoms with Crippen LogP contribution in [0.15, 0.2) is 30.3 Å². The fourth-order valence-electron chi connectivity index (χ4n) is 2.42. The number of nitrogens with one attached hydrogen (secondary N) is 1. The highest BCUT2D eigenvalue weighted by atomic mass is 16.5. The summed E-state index contributed by atoms with van der Waals surface area (Å²) < 4.78 is 5.98. The van der Waals surface area contributed by atoms with Crippen LogP contribution in [0.4, 0.5) is 0 Å². The molecule has 0 aliphatic heterocycles. The van der Waals surface area contributed by atoms with Crippen molar-refractivity contribution >= 4 is 0 Å². The standard InChI is InChI=1S/C15H23N5O/c1-4-16-13(11-14-17-19-20(3)18-14)15(21-5-2)12-9-7-6-8-10-12/h6-10,13,15-16H,4-5,11H2,1-3H3. The summed E-state index contributed by atoms with van der Waals surface area (Å²) in [7, 11) is 1.77. The Kier molecular flexibility index (Phi) is 5.83. The first kappa shape index (κ1) is 15.6. The molecular weight excluding hydrogens is 266 g/mol. The van der Waals surface area contributed by atoms with Gasteiger partial charge in [0.05, 0.1) is 13.2 Å². The highest BCUT2D eigenvalue weighted by Gasteiger charge is 2.24. The predicted octanol–water partition coefficient (Wildman–Crippen LogP) is 1.51. The van der Waals surface area contributed by atoms with Gasteiger partial charge in [0.2, 0.25) is 0 Å². The highest BCUT2D eigenvalue weighted by Crippen LogP contribution is 2.23. The van der Waals surface area contributed by atoms with E-state index in [4.69, 9.17) is 4.74 Å². The van der Waals surface area contributed by atoms with E-state index in [-0.39, 0.29) is 12.1 Å². The van der Waals surface area contributed by atoms with Crippen LogP contribution < -0.4 is 5.32 Å². The van der Waals surface area contributed by atoms with E-state index >= 15 is 0 Å². The second-order valence-electron chi connectivity index (χ2n) is 4.85. The molecule has 0 fully saturated rings. The zero-order valence-electron chi connectivity index (χ0n) is 12.9. The Labute approximate surface area is 125 Å². The molecule has 114 valence electrons. The van der Waals surface area contributed by atoms with Gasteiger partial charge in [0.15, 0.2) is 5.82 Å². The number of aryl methyl sites for hydroxylation is 1. The lowest BCUT2D eigenvalue weighted by Gasteiger charge is -2.27. The molecule has 1 aromatic carbocycles. The van der Waals surface area contributed by atoms with E-state index in [1.807, 2.05) is 25.1 Å². The van der Waals surface area contributed by atoms with E-state index < -0.39 is 0 Å². The van der Waals surface area contributed by atoms with Gasteiger partial charge in [0.25, 0.3) is 0 Å². The molecule has 1 aromatic heterocycles. The van der Waals surface area contributed by atoms with E-state index in [1.54, 1.807) is 7.05 Å². The summed E-state index contributed by atoms with van der Waals surface area (Å²) in [6, 6.07) is 10.4. The van der Waals surface area contributed by atoms with E-state index in [0.717, 1.165) is 17.9 Å². The summed E-state index contributed by atoms with van der Waals surface area (Å²) in [5.74, 6) is 0.726. The summed E-state index contributed by atoms with van der Waals surface area (Å²) in [6.45, 7) is 5.63. The van der Waals surface area contributed by atoms with E-state index in [0.29, 0.717) is 13.0 Å². The molecule has 0 amide bonds. The maximum absolute atomic E-state index is 5.98. The molecule has 1 N–H and O–H groups in total. The molecule has 2 atom stereocenters. The van der Waals surface area contributed by atoms with Crippen LogP contribution in [0.1, 0.15) is 31.3 Å².